The average Bonchev–Trinajstić information content (AvgIpc) is 1.86. The Balaban J connectivity index is 2.48. The van der Waals surface area contributed by atoms with Crippen molar-refractivity contribution in [3.63, 3.8) is 0 Å². The molecule has 3 heteroatoms. The minimum absolute atomic E-state index is 0.146. The Morgan fingerprint density at radius 3 is 3.00 bits per heavy atom. The lowest BCUT2D eigenvalue weighted by molar-refractivity contribution is -0.234. The molecule has 0 bridgehead atoms. The third-order valence-corrected chi connectivity index (χ3v) is 1.79. The van der Waals surface area contributed by atoms with E-state index in [1.54, 1.807) is 0 Å². The molecule has 0 aliphatic carbocycles. The second kappa shape index (κ2) is 3.22. The minimum Gasteiger partial charge on any atom is -0.433 e. The molecule has 11 heavy (non-hydrogen) atoms. The number of carbonyl (C=O) groups excluding carboxylic acids is 1. The molecule has 0 spiro atoms. The Kier molecular flexibility index (Phi) is 2.49. The van der Waals surface area contributed by atoms with E-state index in [2.05, 4.69) is 0 Å². The second-order valence-electron chi connectivity index (χ2n) is 2.89. The van der Waals surface area contributed by atoms with E-state index in [1.165, 1.54) is 0 Å². The minimum atomic E-state index is -0.649. The first-order chi connectivity index (χ1) is 5.16. The Labute approximate surface area is 66.7 Å². The second-order valence-corrected chi connectivity index (χ2v) is 2.89. The van der Waals surface area contributed by atoms with Crippen molar-refractivity contribution in [2.45, 2.75) is 38.9 Å². The summed E-state index contributed by atoms with van der Waals surface area (Å²) in [5.41, 5.74) is 0. The summed E-state index contributed by atoms with van der Waals surface area (Å²) in [6.07, 6.45) is 2.21. The molecule has 0 saturated carbocycles. The topological polar surface area (TPSA) is 35.5 Å². The molecule has 3 nitrogen and oxygen atoms in total. The summed E-state index contributed by atoms with van der Waals surface area (Å²) in [7, 11) is 0. The molecule has 0 aromatic carbocycles. The van der Waals surface area contributed by atoms with E-state index in [1.807, 2.05) is 13.8 Å². The molecule has 1 aliphatic heterocycles. The predicted molar refractivity (Wildman–Crippen MR) is 40.0 cm³/mol. The number of hydrogen-bond donors (Lipinski definition) is 0. The Hall–Kier alpha value is -0.570. The molecule has 1 heterocycles. The maximum absolute atomic E-state index is 10.9. The summed E-state index contributed by atoms with van der Waals surface area (Å²) in [5.74, 6) is -0.795. The Morgan fingerprint density at radius 2 is 2.45 bits per heavy atom. The van der Waals surface area contributed by atoms with Gasteiger partial charge in [-0.1, -0.05) is 0 Å². The van der Waals surface area contributed by atoms with Gasteiger partial charge in [-0.15, -0.1) is 0 Å². The Morgan fingerprint density at radius 1 is 1.73 bits per heavy atom. The quantitative estimate of drug-likeness (QED) is 0.571. The lowest BCUT2D eigenvalue weighted by Crippen LogP contribution is -2.38. The fourth-order valence-electron chi connectivity index (χ4n) is 1.30. The van der Waals surface area contributed by atoms with Gasteiger partial charge in [0.15, 0.2) is 0 Å². The van der Waals surface area contributed by atoms with Crippen molar-refractivity contribution >= 4 is 5.97 Å². The van der Waals surface area contributed by atoms with Crippen LogP contribution in [0.3, 0.4) is 0 Å². The van der Waals surface area contributed by atoms with Crippen LogP contribution >= 0.6 is 0 Å². The maximum Gasteiger partial charge on any atom is 0.308 e. The highest BCUT2D eigenvalue weighted by Crippen LogP contribution is 2.25. The first-order valence-corrected chi connectivity index (χ1v) is 4.02. The average molecular weight is 158 g/mol. The maximum atomic E-state index is 10.9. The van der Waals surface area contributed by atoms with Gasteiger partial charge in [0.1, 0.15) is 0 Å². The lowest BCUT2D eigenvalue weighted by Gasteiger charge is -2.32. The monoisotopic (exact) mass is 158 g/mol. The zero-order valence-electron chi connectivity index (χ0n) is 7.05. The van der Waals surface area contributed by atoms with Crippen molar-refractivity contribution in [2.24, 2.45) is 0 Å². The summed E-state index contributed by atoms with van der Waals surface area (Å²) < 4.78 is 10.4. The first-order valence-electron chi connectivity index (χ1n) is 4.02. The van der Waals surface area contributed by atoms with Crippen molar-refractivity contribution in [1.29, 1.82) is 0 Å². The van der Waals surface area contributed by atoms with E-state index >= 15 is 0 Å². The van der Waals surface area contributed by atoms with Crippen LogP contribution in [-0.4, -0.2) is 18.4 Å². The highest BCUT2D eigenvalue weighted by atomic mass is 16.7. The largest absolute Gasteiger partial charge is 0.433 e. The van der Waals surface area contributed by atoms with E-state index in [0.717, 1.165) is 12.8 Å². The summed E-state index contributed by atoms with van der Waals surface area (Å²) >= 11 is 0. The lowest BCUT2D eigenvalue weighted by atomic mass is 10.1. The van der Waals surface area contributed by atoms with Gasteiger partial charge in [-0.25, -0.2) is 0 Å². The van der Waals surface area contributed by atoms with E-state index < -0.39 is 5.79 Å². The fraction of sp³-hybridized carbons (Fsp3) is 0.875. The Bertz CT molecular complexity index is 151. The van der Waals surface area contributed by atoms with Crippen LogP contribution in [0.25, 0.3) is 0 Å². The van der Waals surface area contributed by atoms with Crippen LogP contribution in [0.4, 0.5) is 0 Å². The number of ether oxygens (including phenoxy) is 2. The molecule has 1 unspecified atom stereocenters. The third-order valence-electron chi connectivity index (χ3n) is 1.79. The molecule has 0 amide bonds. The van der Waals surface area contributed by atoms with Gasteiger partial charge in [0.25, 0.3) is 0 Å². The number of rotatable bonds is 2. The zero-order valence-corrected chi connectivity index (χ0v) is 7.05. The summed E-state index contributed by atoms with van der Waals surface area (Å²) in [6, 6.07) is 0. The van der Waals surface area contributed by atoms with Gasteiger partial charge in [-0.3, -0.25) is 4.79 Å². The van der Waals surface area contributed by atoms with Crippen molar-refractivity contribution < 1.29 is 14.3 Å². The van der Waals surface area contributed by atoms with Crippen LogP contribution in [0.5, 0.6) is 0 Å². The van der Waals surface area contributed by atoms with Crippen LogP contribution < -0.4 is 0 Å². The molecule has 0 aromatic rings. The molecule has 0 radical (unpaired) electrons. The first kappa shape index (κ1) is 8.53. The number of esters is 1. The van der Waals surface area contributed by atoms with Crippen molar-refractivity contribution in [2.75, 3.05) is 6.61 Å². The van der Waals surface area contributed by atoms with Crippen molar-refractivity contribution in [3.05, 3.63) is 0 Å². The molecule has 1 fully saturated rings. The standard InChI is InChI=1S/C8H14O3/c1-3-10-8(2)6-4-5-7(9)11-8/h3-6H2,1-2H3. The summed E-state index contributed by atoms with van der Waals surface area (Å²) in [5, 5.41) is 0. The van der Waals surface area contributed by atoms with E-state index in [0.29, 0.717) is 13.0 Å². The molecule has 64 valence electrons. The molecule has 1 atom stereocenters. The van der Waals surface area contributed by atoms with E-state index in [9.17, 15) is 4.79 Å². The van der Waals surface area contributed by atoms with Crippen molar-refractivity contribution in [1.82, 2.24) is 0 Å². The van der Waals surface area contributed by atoms with Gasteiger partial charge < -0.3 is 9.47 Å². The van der Waals surface area contributed by atoms with Crippen LogP contribution in [0, 0.1) is 0 Å². The summed E-state index contributed by atoms with van der Waals surface area (Å²) in [6.45, 7) is 4.30. The molecular weight excluding hydrogens is 144 g/mol. The highest BCUT2D eigenvalue weighted by molar-refractivity contribution is 5.70. The SMILES string of the molecule is CCOC1(C)CCCC(=O)O1. The number of hydrogen-bond acceptors (Lipinski definition) is 3. The molecule has 0 aromatic heterocycles. The predicted octanol–water partition coefficient (Wildman–Crippen LogP) is 1.47. The van der Waals surface area contributed by atoms with Gasteiger partial charge in [-0.05, 0) is 13.3 Å². The van der Waals surface area contributed by atoms with Crippen LogP contribution in [0.1, 0.15) is 33.1 Å². The van der Waals surface area contributed by atoms with E-state index in [4.69, 9.17) is 9.47 Å². The molecule has 1 aliphatic rings. The van der Waals surface area contributed by atoms with Crippen LogP contribution in [-0.2, 0) is 14.3 Å². The summed E-state index contributed by atoms with van der Waals surface area (Å²) in [4.78, 5) is 10.9. The van der Waals surface area contributed by atoms with Gasteiger partial charge in [0.2, 0.25) is 5.79 Å². The number of cyclic esters (lactones) is 1. The zero-order chi connectivity index (χ0) is 8.32. The van der Waals surface area contributed by atoms with E-state index in [-0.39, 0.29) is 5.97 Å². The van der Waals surface area contributed by atoms with Gasteiger partial charge in [0, 0.05) is 26.4 Å². The third kappa shape index (κ3) is 2.19. The molecule has 0 N–H and O–H groups in total. The highest BCUT2D eigenvalue weighted by Gasteiger charge is 2.32. The number of carbonyl (C=O) groups is 1. The van der Waals surface area contributed by atoms with Crippen LogP contribution in [0.2, 0.25) is 0 Å². The van der Waals surface area contributed by atoms with Gasteiger partial charge >= 0.3 is 5.97 Å². The van der Waals surface area contributed by atoms with Crippen LogP contribution in [0.15, 0.2) is 0 Å². The smallest absolute Gasteiger partial charge is 0.308 e. The van der Waals surface area contributed by atoms with Gasteiger partial charge in [0.05, 0.1) is 0 Å². The molecule has 1 rings (SSSR count). The molecular formula is C8H14O3. The fourth-order valence-corrected chi connectivity index (χ4v) is 1.30. The normalized spacial score (nSPS) is 31.6. The van der Waals surface area contributed by atoms with Crippen molar-refractivity contribution in [3.8, 4) is 0 Å². The molecule has 1 saturated heterocycles. The van der Waals surface area contributed by atoms with Gasteiger partial charge in [-0.2, -0.15) is 0 Å².